The molecule has 3 N–H and O–H groups in total. The molecule has 3 fully saturated rings. The average Bonchev–Trinajstić information content (AvgIpc) is 3.29. The highest BCUT2D eigenvalue weighted by atomic mass is 19.1. The van der Waals surface area contributed by atoms with E-state index in [1.54, 1.807) is 7.05 Å². The Morgan fingerprint density at radius 2 is 2.17 bits per heavy atom. The van der Waals surface area contributed by atoms with E-state index in [-0.39, 0.29) is 18.7 Å². The lowest BCUT2D eigenvalue weighted by molar-refractivity contribution is -0.127. The highest BCUT2D eigenvalue weighted by molar-refractivity contribution is 6.07. The predicted molar refractivity (Wildman–Crippen MR) is 113 cm³/mol. The molecule has 3 aliphatic rings. The quantitative estimate of drug-likeness (QED) is 0.754. The molecule has 0 aliphatic heterocycles. The van der Waals surface area contributed by atoms with E-state index in [1.807, 2.05) is 31.2 Å². The number of halogens is 1. The second kappa shape index (κ2) is 7.39. The molecule has 7 heteroatoms. The summed E-state index contributed by atoms with van der Waals surface area (Å²) in [5.74, 6) is 0.211. The zero-order chi connectivity index (χ0) is 20.6. The van der Waals surface area contributed by atoms with Crippen molar-refractivity contribution in [3.05, 3.63) is 54.2 Å². The molecule has 2 aromatic rings. The predicted octanol–water partition coefficient (Wildman–Crippen LogP) is 3.74. The summed E-state index contributed by atoms with van der Waals surface area (Å²) < 4.78 is 13.1. The van der Waals surface area contributed by atoms with Gasteiger partial charge >= 0.3 is 0 Å². The molecule has 0 radical (unpaired) electrons. The van der Waals surface area contributed by atoms with Crippen molar-refractivity contribution in [3.8, 4) is 11.4 Å². The molecule has 1 heterocycles. The number of anilines is 1. The number of nitrogens with one attached hydrogen (secondary N) is 1. The molecule has 1 aromatic heterocycles. The third kappa shape index (κ3) is 3.20. The van der Waals surface area contributed by atoms with Crippen LogP contribution in [0, 0.1) is 30.0 Å². The standard InChI is InChI=1S/C22H24FN5O.H2/c1-13-3-4-16(9-17(13)20-26-11-15(23)12-27-20)28-21(29)19-14-5-7-22(19,10-14)18(25-2)6-8-24;/h3-4,6,8-9,11-12,14,19H,5,7,10,24H2,1-2H3,(H,28,29);1H/b8-6-,25-18?;. The summed E-state index contributed by atoms with van der Waals surface area (Å²) in [7, 11) is 1.75. The first kappa shape index (κ1) is 19.2. The van der Waals surface area contributed by atoms with E-state index in [4.69, 9.17) is 5.73 Å². The van der Waals surface area contributed by atoms with Crippen LogP contribution in [-0.2, 0) is 4.79 Å². The van der Waals surface area contributed by atoms with E-state index in [2.05, 4.69) is 20.3 Å². The molecule has 0 saturated heterocycles. The SMILES string of the molecule is CN=C(/C=C\N)C12CCC(C1)C2C(=O)Nc1ccc(C)c(-c2ncc(F)cn2)c1.[HH]. The van der Waals surface area contributed by atoms with E-state index in [9.17, 15) is 9.18 Å². The van der Waals surface area contributed by atoms with Crippen LogP contribution in [0.5, 0.6) is 0 Å². The number of rotatable bonds is 5. The number of aromatic nitrogens is 2. The number of carbonyl (C=O) groups excluding carboxylic acids is 1. The van der Waals surface area contributed by atoms with Crippen LogP contribution in [0.15, 0.2) is 47.9 Å². The van der Waals surface area contributed by atoms with Gasteiger partial charge in [0, 0.05) is 30.9 Å². The van der Waals surface area contributed by atoms with Crippen LogP contribution in [0.3, 0.4) is 0 Å². The van der Waals surface area contributed by atoms with Gasteiger partial charge in [-0.05, 0) is 62.1 Å². The minimum atomic E-state index is -0.485. The highest BCUT2D eigenvalue weighted by Gasteiger charge is 2.63. The Hall–Kier alpha value is -3.09. The van der Waals surface area contributed by atoms with Crippen LogP contribution < -0.4 is 11.1 Å². The van der Waals surface area contributed by atoms with Gasteiger partial charge in [-0.3, -0.25) is 9.79 Å². The van der Waals surface area contributed by atoms with Gasteiger partial charge in [-0.1, -0.05) is 6.07 Å². The topological polar surface area (TPSA) is 93.3 Å². The number of aliphatic imine (C=N–C) groups is 1. The Kier molecular flexibility index (Phi) is 4.90. The number of nitrogens with zero attached hydrogens (tertiary/aromatic N) is 3. The number of nitrogens with two attached hydrogens (primary N) is 1. The maximum Gasteiger partial charge on any atom is 0.228 e. The van der Waals surface area contributed by atoms with Crippen LogP contribution in [0.1, 0.15) is 26.3 Å². The zero-order valence-corrected chi connectivity index (χ0v) is 16.5. The molecule has 2 bridgehead atoms. The molecule has 3 unspecified atom stereocenters. The average molecular weight is 395 g/mol. The number of aryl methyl sites for hydroxylation is 1. The highest BCUT2D eigenvalue weighted by Crippen LogP contribution is 2.64. The summed E-state index contributed by atoms with van der Waals surface area (Å²) in [5.41, 5.74) is 8.66. The van der Waals surface area contributed by atoms with Crippen molar-refractivity contribution >= 4 is 17.3 Å². The number of benzene rings is 1. The van der Waals surface area contributed by atoms with Gasteiger partial charge in [-0.2, -0.15) is 0 Å². The van der Waals surface area contributed by atoms with Crippen molar-refractivity contribution in [2.75, 3.05) is 12.4 Å². The summed E-state index contributed by atoms with van der Waals surface area (Å²) in [4.78, 5) is 25.7. The number of allylic oxidation sites excluding steroid dienone is 1. The fourth-order valence-corrected chi connectivity index (χ4v) is 5.00. The minimum Gasteiger partial charge on any atom is -0.405 e. The molecule has 0 spiro atoms. The summed E-state index contributed by atoms with van der Waals surface area (Å²) in [6.45, 7) is 1.93. The number of amides is 1. The molecule has 1 amide bonds. The van der Waals surface area contributed by atoms with Crippen molar-refractivity contribution in [3.63, 3.8) is 0 Å². The molecule has 1 aromatic carbocycles. The van der Waals surface area contributed by atoms with Gasteiger partial charge in [-0.15, -0.1) is 0 Å². The summed E-state index contributed by atoms with van der Waals surface area (Å²) in [6.07, 6.45) is 8.54. The van der Waals surface area contributed by atoms with Crippen molar-refractivity contribution in [1.82, 2.24) is 9.97 Å². The van der Waals surface area contributed by atoms with Gasteiger partial charge in [0.15, 0.2) is 11.6 Å². The molecular weight excluding hydrogens is 369 g/mol. The van der Waals surface area contributed by atoms with Crippen LogP contribution in [0.2, 0.25) is 0 Å². The third-order valence-corrected chi connectivity index (χ3v) is 6.31. The molecule has 3 saturated carbocycles. The smallest absolute Gasteiger partial charge is 0.228 e. The Morgan fingerprint density at radius 3 is 2.83 bits per heavy atom. The maximum atomic E-state index is 13.2. The third-order valence-electron chi connectivity index (χ3n) is 6.31. The van der Waals surface area contributed by atoms with Crippen molar-refractivity contribution in [2.24, 2.45) is 28.0 Å². The molecular formula is C22H26FN5O. The Morgan fingerprint density at radius 1 is 1.41 bits per heavy atom. The minimum absolute atomic E-state index is 0. The maximum absolute atomic E-state index is 13.2. The van der Waals surface area contributed by atoms with Gasteiger partial charge in [0.05, 0.1) is 18.3 Å². The lowest BCUT2D eigenvalue weighted by Gasteiger charge is -2.46. The second-order valence-corrected chi connectivity index (χ2v) is 7.85. The largest absolute Gasteiger partial charge is 0.405 e. The van der Waals surface area contributed by atoms with E-state index in [1.165, 1.54) is 6.20 Å². The number of carbonyl (C=O) groups is 1. The zero-order valence-electron chi connectivity index (χ0n) is 16.5. The van der Waals surface area contributed by atoms with Crippen LogP contribution in [0.25, 0.3) is 11.4 Å². The first-order valence-corrected chi connectivity index (χ1v) is 9.73. The fraction of sp³-hybridized carbons (Fsp3) is 0.364. The van der Waals surface area contributed by atoms with Crippen molar-refractivity contribution < 1.29 is 10.6 Å². The lowest BCUT2D eigenvalue weighted by atomic mass is 9.57. The van der Waals surface area contributed by atoms with Gasteiger partial charge in [0.2, 0.25) is 5.91 Å². The summed E-state index contributed by atoms with van der Waals surface area (Å²) in [5, 5.41) is 3.06. The number of hydrogen-bond acceptors (Lipinski definition) is 5. The lowest BCUT2D eigenvalue weighted by Crippen LogP contribution is -2.51. The van der Waals surface area contributed by atoms with Gasteiger partial charge in [0.1, 0.15) is 0 Å². The van der Waals surface area contributed by atoms with Gasteiger partial charge < -0.3 is 11.1 Å². The molecule has 152 valence electrons. The molecule has 5 rings (SSSR count). The van der Waals surface area contributed by atoms with E-state index < -0.39 is 5.82 Å². The monoisotopic (exact) mass is 395 g/mol. The fourth-order valence-electron chi connectivity index (χ4n) is 5.00. The molecule has 3 aliphatic carbocycles. The van der Waals surface area contributed by atoms with Crippen molar-refractivity contribution in [2.45, 2.75) is 26.2 Å². The number of fused-ring (bicyclic) bond motifs is 1. The summed E-state index contributed by atoms with van der Waals surface area (Å²) in [6, 6.07) is 5.60. The molecule has 6 nitrogen and oxygen atoms in total. The van der Waals surface area contributed by atoms with E-state index >= 15 is 0 Å². The van der Waals surface area contributed by atoms with E-state index in [0.717, 1.165) is 48.5 Å². The van der Waals surface area contributed by atoms with Crippen LogP contribution in [-0.4, -0.2) is 28.6 Å². The second-order valence-electron chi connectivity index (χ2n) is 7.85. The first-order chi connectivity index (χ1) is 14.0. The van der Waals surface area contributed by atoms with E-state index in [0.29, 0.717) is 17.4 Å². The first-order valence-electron chi connectivity index (χ1n) is 9.73. The Bertz CT molecular complexity index is 1000. The van der Waals surface area contributed by atoms with Gasteiger partial charge in [0.25, 0.3) is 0 Å². The number of hydrogen-bond donors (Lipinski definition) is 2. The summed E-state index contributed by atoms with van der Waals surface area (Å²) >= 11 is 0. The Balaban J connectivity index is 0.00000256. The van der Waals surface area contributed by atoms with Gasteiger partial charge in [-0.25, -0.2) is 14.4 Å². The van der Waals surface area contributed by atoms with Crippen LogP contribution >= 0.6 is 0 Å². The molecule has 3 atom stereocenters. The normalized spacial score (nSPS) is 25.8. The molecule has 29 heavy (non-hydrogen) atoms. The Labute approximate surface area is 170 Å². The van der Waals surface area contributed by atoms with Crippen LogP contribution in [0.4, 0.5) is 10.1 Å². The van der Waals surface area contributed by atoms with Crippen molar-refractivity contribution in [1.29, 1.82) is 0 Å².